The fourth-order valence-corrected chi connectivity index (χ4v) is 4.14. The third-order valence-corrected chi connectivity index (χ3v) is 5.40. The van der Waals surface area contributed by atoms with E-state index in [1.54, 1.807) is 34.9 Å². The van der Waals surface area contributed by atoms with Crippen molar-refractivity contribution >= 4 is 35.3 Å². The number of hydrogen-bond donors (Lipinski definition) is 0. The second-order valence-corrected chi connectivity index (χ2v) is 7.04. The van der Waals surface area contributed by atoms with Crippen molar-refractivity contribution < 1.29 is 14.5 Å². The summed E-state index contributed by atoms with van der Waals surface area (Å²) in [6.07, 6.45) is 5.10. The predicted molar refractivity (Wildman–Crippen MR) is 95.9 cm³/mol. The lowest BCUT2D eigenvalue weighted by Crippen LogP contribution is -2.47. The number of benzene rings is 1. The van der Waals surface area contributed by atoms with E-state index in [9.17, 15) is 19.7 Å². The lowest BCUT2D eigenvalue weighted by molar-refractivity contribution is -0.384. The highest BCUT2D eigenvalue weighted by Crippen LogP contribution is 2.24. The van der Waals surface area contributed by atoms with Gasteiger partial charge in [0, 0.05) is 37.1 Å². The highest BCUT2D eigenvalue weighted by Gasteiger charge is 2.36. The number of rotatable bonds is 4. The Hall–Kier alpha value is -2.35. The summed E-state index contributed by atoms with van der Waals surface area (Å²) in [5.74, 6) is 0.973. The number of likely N-dealkylation sites (tertiary alicyclic amines) is 1. The molecule has 1 unspecified atom stereocenters. The summed E-state index contributed by atoms with van der Waals surface area (Å²) < 4.78 is 0. The number of amides is 2. The molecule has 0 saturated carbocycles. The van der Waals surface area contributed by atoms with Gasteiger partial charge in [-0.25, -0.2) is 0 Å². The van der Waals surface area contributed by atoms with Gasteiger partial charge in [0.05, 0.1) is 10.8 Å². The minimum Gasteiger partial charge on any atom is -0.341 e. The number of nitro benzene ring substituents is 1. The number of non-ortho nitro benzene ring substituents is 1. The van der Waals surface area contributed by atoms with Crippen LogP contribution in [0.4, 0.5) is 5.69 Å². The molecule has 2 aliphatic rings. The van der Waals surface area contributed by atoms with Crippen LogP contribution in [-0.2, 0) is 9.59 Å². The monoisotopic (exact) mass is 361 g/mol. The molecule has 0 radical (unpaired) electrons. The number of thioether (sulfide) groups is 1. The Balaban J connectivity index is 1.64. The van der Waals surface area contributed by atoms with E-state index in [4.69, 9.17) is 0 Å². The molecule has 1 atom stereocenters. The number of carbonyl (C=O) groups excluding carboxylic acids is 2. The maximum atomic E-state index is 12.6. The first-order chi connectivity index (χ1) is 12.1. The van der Waals surface area contributed by atoms with E-state index in [-0.39, 0.29) is 17.5 Å². The van der Waals surface area contributed by atoms with Crippen molar-refractivity contribution in [2.24, 2.45) is 0 Å². The standard InChI is InChI=1S/C17H19N3O4S/c21-16(8-5-13-3-6-14(7-4-13)20(23)24)19-12-25-11-15(19)17(22)18-9-1-2-10-18/h3-8,15H,1-2,9-12H2/b8-5+. The van der Waals surface area contributed by atoms with Crippen molar-refractivity contribution in [2.45, 2.75) is 18.9 Å². The SMILES string of the molecule is O=C(C1CSCN1C(=O)/C=C/c1ccc([N+](=O)[O-])cc1)N1CCCC1. The average Bonchev–Trinajstić information content (AvgIpc) is 3.30. The molecule has 0 spiro atoms. The molecule has 7 nitrogen and oxygen atoms in total. The lowest BCUT2D eigenvalue weighted by atomic mass is 10.2. The second kappa shape index (κ2) is 7.69. The summed E-state index contributed by atoms with van der Waals surface area (Å²) >= 11 is 1.58. The van der Waals surface area contributed by atoms with Crippen molar-refractivity contribution in [3.63, 3.8) is 0 Å². The Kier molecular flexibility index (Phi) is 5.37. The van der Waals surface area contributed by atoms with E-state index < -0.39 is 11.0 Å². The van der Waals surface area contributed by atoms with Gasteiger partial charge in [0.15, 0.2) is 0 Å². The molecule has 2 aliphatic heterocycles. The Morgan fingerprint density at radius 3 is 2.52 bits per heavy atom. The summed E-state index contributed by atoms with van der Waals surface area (Å²) in [6, 6.07) is 5.59. The first-order valence-electron chi connectivity index (χ1n) is 8.16. The maximum Gasteiger partial charge on any atom is 0.269 e. The predicted octanol–water partition coefficient (Wildman–Crippen LogP) is 2.13. The zero-order valence-corrected chi connectivity index (χ0v) is 14.5. The maximum absolute atomic E-state index is 12.6. The first kappa shape index (κ1) is 17.5. The molecule has 2 saturated heterocycles. The average molecular weight is 361 g/mol. The fourth-order valence-electron chi connectivity index (χ4n) is 2.98. The van der Waals surface area contributed by atoms with Crippen LogP contribution in [0.3, 0.4) is 0 Å². The molecule has 1 aromatic carbocycles. The molecule has 2 heterocycles. The van der Waals surface area contributed by atoms with Crippen molar-refractivity contribution in [1.82, 2.24) is 9.80 Å². The van der Waals surface area contributed by atoms with Crippen LogP contribution in [0.2, 0.25) is 0 Å². The largest absolute Gasteiger partial charge is 0.341 e. The summed E-state index contributed by atoms with van der Waals surface area (Å²) in [6.45, 7) is 1.56. The van der Waals surface area contributed by atoms with Gasteiger partial charge in [0.1, 0.15) is 6.04 Å². The number of carbonyl (C=O) groups is 2. The minimum absolute atomic E-state index is 0.00990. The molecule has 1 aromatic rings. The van der Waals surface area contributed by atoms with Crippen LogP contribution in [0, 0.1) is 10.1 Å². The zero-order chi connectivity index (χ0) is 17.8. The zero-order valence-electron chi connectivity index (χ0n) is 13.7. The van der Waals surface area contributed by atoms with Gasteiger partial charge in [-0.15, -0.1) is 11.8 Å². The van der Waals surface area contributed by atoms with Gasteiger partial charge in [-0.3, -0.25) is 19.7 Å². The summed E-state index contributed by atoms with van der Waals surface area (Å²) in [7, 11) is 0. The molecule has 0 N–H and O–H groups in total. The van der Waals surface area contributed by atoms with Gasteiger partial charge in [0.25, 0.3) is 5.69 Å². The van der Waals surface area contributed by atoms with E-state index in [2.05, 4.69) is 0 Å². The summed E-state index contributed by atoms with van der Waals surface area (Å²) in [5, 5.41) is 10.6. The van der Waals surface area contributed by atoms with Crippen LogP contribution in [0.5, 0.6) is 0 Å². The molecule has 2 fully saturated rings. The molecule has 8 heteroatoms. The summed E-state index contributed by atoms with van der Waals surface area (Å²) in [4.78, 5) is 38.7. The highest BCUT2D eigenvalue weighted by atomic mass is 32.2. The van der Waals surface area contributed by atoms with Crippen LogP contribution in [-0.4, -0.2) is 57.3 Å². The molecular formula is C17H19N3O4S. The van der Waals surface area contributed by atoms with Gasteiger partial charge < -0.3 is 9.80 Å². The van der Waals surface area contributed by atoms with Crippen molar-refractivity contribution in [3.8, 4) is 0 Å². The van der Waals surface area contributed by atoms with Crippen LogP contribution in [0.15, 0.2) is 30.3 Å². The van der Waals surface area contributed by atoms with Crippen LogP contribution < -0.4 is 0 Å². The van der Waals surface area contributed by atoms with Gasteiger partial charge in [0.2, 0.25) is 11.8 Å². The van der Waals surface area contributed by atoms with Crippen LogP contribution in [0.25, 0.3) is 6.08 Å². The van der Waals surface area contributed by atoms with E-state index in [1.165, 1.54) is 18.2 Å². The number of nitro groups is 1. The van der Waals surface area contributed by atoms with Crippen molar-refractivity contribution in [2.75, 3.05) is 24.7 Å². The quantitative estimate of drug-likeness (QED) is 0.466. The second-order valence-electron chi connectivity index (χ2n) is 6.04. The lowest BCUT2D eigenvalue weighted by Gasteiger charge is -2.26. The Bertz CT molecular complexity index is 698. The van der Waals surface area contributed by atoms with Gasteiger partial charge >= 0.3 is 0 Å². The van der Waals surface area contributed by atoms with Crippen LogP contribution in [0.1, 0.15) is 18.4 Å². The topological polar surface area (TPSA) is 83.8 Å². The van der Waals surface area contributed by atoms with Gasteiger partial charge in [-0.1, -0.05) is 0 Å². The minimum atomic E-state index is -0.464. The first-order valence-corrected chi connectivity index (χ1v) is 9.31. The third-order valence-electron chi connectivity index (χ3n) is 4.39. The number of hydrogen-bond acceptors (Lipinski definition) is 5. The fraction of sp³-hybridized carbons (Fsp3) is 0.412. The van der Waals surface area contributed by atoms with E-state index in [0.29, 0.717) is 17.2 Å². The molecule has 3 rings (SSSR count). The molecular weight excluding hydrogens is 342 g/mol. The highest BCUT2D eigenvalue weighted by molar-refractivity contribution is 7.99. The van der Waals surface area contributed by atoms with Crippen LogP contribution >= 0.6 is 11.8 Å². The normalized spacial score (nSPS) is 20.4. The van der Waals surface area contributed by atoms with E-state index >= 15 is 0 Å². The molecule has 0 bridgehead atoms. The molecule has 132 valence electrons. The van der Waals surface area contributed by atoms with Crippen molar-refractivity contribution in [3.05, 3.63) is 46.0 Å². The molecule has 25 heavy (non-hydrogen) atoms. The van der Waals surface area contributed by atoms with Gasteiger partial charge in [-0.05, 0) is 36.6 Å². The Morgan fingerprint density at radius 2 is 1.88 bits per heavy atom. The molecule has 2 amide bonds. The van der Waals surface area contributed by atoms with Gasteiger partial charge in [-0.2, -0.15) is 0 Å². The van der Waals surface area contributed by atoms with Crippen molar-refractivity contribution in [1.29, 1.82) is 0 Å². The van der Waals surface area contributed by atoms with E-state index in [1.807, 2.05) is 4.90 Å². The van der Waals surface area contributed by atoms with E-state index in [0.717, 1.165) is 25.9 Å². The number of nitrogens with zero attached hydrogens (tertiary/aromatic N) is 3. The Morgan fingerprint density at radius 1 is 1.20 bits per heavy atom. The summed E-state index contributed by atoms with van der Waals surface area (Å²) in [5.41, 5.74) is 0.712. The third kappa shape index (κ3) is 4.01. The molecule has 0 aliphatic carbocycles. The Labute approximate surface area is 149 Å². The smallest absolute Gasteiger partial charge is 0.269 e. The molecule has 0 aromatic heterocycles.